The normalized spacial score (nSPS) is 27.8. The van der Waals surface area contributed by atoms with Gasteiger partial charge in [0, 0.05) is 31.7 Å². The lowest BCUT2D eigenvalue weighted by atomic mass is 9.99. The molecule has 1 aromatic rings. The maximum atomic E-state index is 12.6. The Morgan fingerprint density at radius 1 is 1.10 bits per heavy atom. The predicted octanol–water partition coefficient (Wildman–Crippen LogP) is 3.46. The summed E-state index contributed by atoms with van der Waals surface area (Å²) in [6.07, 6.45) is -2.51. The fraction of sp³-hybridized carbons (Fsp3) is 0.625. The van der Waals surface area contributed by atoms with Crippen LogP contribution in [0.3, 0.4) is 0 Å². The second-order valence-corrected chi connectivity index (χ2v) is 6.08. The summed E-state index contributed by atoms with van der Waals surface area (Å²) >= 11 is 0. The number of alkyl halides is 3. The van der Waals surface area contributed by atoms with Crippen LogP contribution in [0.5, 0.6) is 0 Å². The molecule has 0 bridgehead atoms. The molecule has 0 spiro atoms. The van der Waals surface area contributed by atoms with Crippen molar-refractivity contribution in [3.05, 3.63) is 35.9 Å². The smallest absolute Gasteiger partial charge is 0.297 e. The summed E-state index contributed by atoms with van der Waals surface area (Å²) in [5, 5.41) is 0. The number of halogens is 3. The third-order valence-corrected chi connectivity index (χ3v) is 4.66. The molecule has 1 aromatic carbocycles. The summed E-state index contributed by atoms with van der Waals surface area (Å²) in [5.74, 6) is 0. The first-order valence-electron chi connectivity index (χ1n) is 7.63. The van der Waals surface area contributed by atoms with Crippen LogP contribution in [0.25, 0.3) is 0 Å². The summed E-state index contributed by atoms with van der Waals surface area (Å²) in [6, 6.07) is 10.5. The van der Waals surface area contributed by atoms with Crippen LogP contribution in [0.4, 0.5) is 13.2 Å². The van der Waals surface area contributed by atoms with Crippen molar-refractivity contribution in [3.8, 4) is 0 Å². The van der Waals surface area contributed by atoms with Gasteiger partial charge < -0.3 is 0 Å². The lowest BCUT2D eigenvalue weighted by Crippen LogP contribution is -2.52. The number of piperazine rings is 1. The van der Waals surface area contributed by atoms with Gasteiger partial charge in [-0.05, 0) is 24.9 Å². The molecule has 2 aliphatic rings. The maximum absolute atomic E-state index is 12.6. The standard InChI is InChI=1S/C16H21F3N2/c17-16(18,19)8-10-21-11-14-7-4-9-20(14)12-15(21)13-5-2-1-3-6-13/h1-3,5-6,14-15H,4,7-12H2. The topological polar surface area (TPSA) is 6.48 Å². The Kier molecular flexibility index (Phi) is 4.22. The molecule has 2 unspecified atom stereocenters. The van der Waals surface area contributed by atoms with E-state index in [1.54, 1.807) is 0 Å². The van der Waals surface area contributed by atoms with Crippen molar-refractivity contribution in [2.45, 2.75) is 37.5 Å². The van der Waals surface area contributed by atoms with Crippen molar-refractivity contribution in [2.75, 3.05) is 26.2 Å². The van der Waals surface area contributed by atoms with E-state index in [9.17, 15) is 13.2 Å². The summed E-state index contributed by atoms with van der Waals surface area (Å²) in [5.41, 5.74) is 1.13. The lowest BCUT2D eigenvalue weighted by molar-refractivity contribution is -0.141. The van der Waals surface area contributed by atoms with Gasteiger partial charge in [0.1, 0.15) is 0 Å². The maximum Gasteiger partial charge on any atom is 0.390 e. The second kappa shape index (κ2) is 5.97. The molecule has 2 heterocycles. The van der Waals surface area contributed by atoms with Crippen LogP contribution in [-0.4, -0.2) is 48.2 Å². The van der Waals surface area contributed by atoms with E-state index < -0.39 is 12.6 Å². The molecule has 3 rings (SSSR count). The van der Waals surface area contributed by atoms with E-state index in [2.05, 4.69) is 4.90 Å². The molecule has 116 valence electrons. The summed E-state index contributed by atoms with van der Waals surface area (Å²) < 4.78 is 37.7. The Labute approximate surface area is 123 Å². The van der Waals surface area contributed by atoms with Crippen molar-refractivity contribution in [1.29, 1.82) is 0 Å². The Morgan fingerprint density at radius 3 is 2.57 bits per heavy atom. The van der Waals surface area contributed by atoms with Crippen molar-refractivity contribution >= 4 is 0 Å². The molecule has 0 N–H and O–H groups in total. The van der Waals surface area contributed by atoms with Crippen LogP contribution >= 0.6 is 0 Å². The van der Waals surface area contributed by atoms with Crippen molar-refractivity contribution in [2.24, 2.45) is 0 Å². The van der Waals surface area contributed by atoms with E-state index in [0.29, 0.717) is 6.04 Å². The fourth-order valence-electron chi connectivity index (χ4n) is 3.59. The van der Waals surface area contributed by atoms with Crippen LogP contribution < -0.4 is 0 Å². The van der Waals surface area contributed by atoms with Crippen LogP contribution in [0.2, 0.25) is 0 Å². The molecule has 2 saturated heterocycles. The van der Waals surface area contributed by atoms with Crippen LogP contribution in [0, 0.1) is 0 Å². The van der Waals surface area contributed by atoms with Gasteiger partial charge in [-0.1, -0.05) is 30.3 Å². The van der Waals surface area contributed by atoms with Gasteiger partial charge >= 0.3 is 6.18 Å². The highest BCUT2D eigenvalue weighted by molar-refractivity contribution is 5.20. The molecule has 0 saturated carbocycles. The van der Waals surface area contributed by atoms with Crippen LogP contribution in [-0.2, 0) is 0 Å². The predicted molar refractivity (Wildman–Crippen MR) is 76.0 cm³/mol. The molecule has 21 heavy (non-hydrogen) atoms. The number of rotatable bonds is 3. The fourth-order valence-corrected chi connectivity index (χ4v) is 3.59. The largest absolute Gasteiger partial charge is 0.390 e. The van der Waals surface area contributed by atoms with Crippen molar-refractivity contribution < 1.29 is 13.2 Å². The van der Waals surface area contributed by atoms with Gasteiger partial charge in [0.2, 0.25) is 0 Å². The number of fused-ring (bicyclic) bond motifs is 1. The molecule has 5 heteroatoms. The molecule has 0 aromatic heterocycles. The van der Waals surface area contributed by atoms with Crippen molar-refractivity contribution in [1.82, 2.24) is 9.80 Å². The molecule has 0 radical (unpaired) electrons. The third kappa shape index (κ3) is 3.58. The monoisotopic (exact) mass is 298 g/mol. The molecule has 2 nitrogen and oxygen atoms in total. The van der Waals surface area contributed by atoms with E-state index in [1.165, 1.54) is 6.42 Å². The quantitative estimate of drug-likeness (QED) is 0.843. The number of nitrogens with zero attached hydrogens (tertiary/aromatic N) is 2. The molecular weight excluding hydrogens is 277 g/mol. The first-order chi connectivity index (χ1) is 10.0. The van der Waals surface area contributed by atoms with Crippen LogP contribution in [0.1, 0.15) is 30.9 Å². The molecule has 2 atom stereocenters. The SMILES string of the molecule is FC(F)(F)CCN1CC2CCCN2CC1c1ccccc1. The summed E-state index contributed by atoms with van der Waals surface area (Å²) in [4.78, 5) is 4.48. The highest BCUT2D eigenvalue weighted by atomic mass is 19.4. The molecule has 2 aliphatic heterocycles. The molecule has 0 aliphatic carbocycles. The van der Waals surface area contributed by atoms with Gasteiger partial charge in [0.25, 0.3) is 0 Å². The zero-order chi connectivity index (χ0) is 14.9. The summed E-state index contributed by atoms with van der Waals surface area (Å²) in [7, 11) is 0. The first kappa shape index (κ1) is 14.9. The van der Waals surface area contributed by atoms with E-state index in [1.807, 2.05) is 35.2 Å². The third-order valence-electron chi connectivity index (χ3n) is 4.66. The van der Waals surface area contributed by atoms with Gasteiger partial charge in [-0.2, -0.15) is 13.2 Å². The Bertz CT molecular complexity index is 460. The average molecular weight is 298 g/mol. The Hall–Kier alpha value is -1.07. The Morgan fingerprint density at radius 2 is 1.86 bits per heavy atom. The second-order valence-electron chi connectivity index (χ2n) is 6.08. The van der Waals surface area contributed by atoms with Gasteiger partial charge in [-0.3, -0.25) is 9.80 Å². The number of hydrogen-bond acceptors (Lipinski definition) is 2. The molecular formula is C16H21F3N2. The lowest BCUT2D eigenvalue weighted by Gasteiger charge is -2.44. The molecule has 2 fully saturated rings. The minimum atomic E-state index is -4.08. The average Bonchev–Trinajstić information content (AvgIpc) is 2.91. The van der Waals surface area contributed by atoms with E-state index in [-0.39, 0.29) is 12.6 Å². The van der Waals surface area contributed by atoms with Crippen LogP contribution in [0.15, 0.2) is 30.3 Å². The highest BCUT2D eigenvalue weighted by Crippen LogP contribution is 2.33. The summed E-state index contributed by atoms with van der Waals surface area (Å²) in [6.45, 7) is 2.80. The van der Waals surface area contributed by atoms with Crippen molar-refractivity contribution in [3.63, 3.8) is 0 Å². The van der Waals surface area contributed by atoms with Gasteiger partial charge in [-0.25, -0.2) is 0 Å². The number of hydrogen-bond donors (Lipinski definition) is 0. The molecule has 0 amide bonds. The minimum Gasteiger partial charge on any atom is -0.297 e. The zero-order valence-corrected chi connectivity index (χ0v) is 12.0. The van der Waals surface area contributed by atoms with E-state index in [4.69, 9.17) is 0 Å². The highest BCUT2D eigenvalue weighted by Gasteiger charge is 2.38. The van der Waals surface area contributed by atoms with Gasteiger partial charge in [0.15, 0.2) is 0 Å². The zero-order valence-electron chi connectivity index (χ0n) is 12.0. The van der Waals surface area contributed by atoms with E-state index >= 15 is 0 Å². The first-order valence-corrected chi connectivity index (χ1v) is 7.63. The Balaban J connectivity index is 1.76. The van der Waals surface area contributed by atoms with Gasteiger partial charge in [0.05, 0.1) is 6.42 Å². The van der Waals surface area contributed by atoms with E-state index in [0.717, 1.165) is 31.6 Å². The number of benzene rings is 1. The van der Waals surface area contributed by atoms with Gasteiger partial charge in [-0.15, -0.1) is 0 Å². The minimum absolute atomic E-state index is 0.0860.